The molecule has 0 amide bonds. The summed E-state index contributed by atoms with van der Waals surface area (Å²) in [5.74, 6) is 2.02. The number of hydrogen-bond acceptors (Lipinski definition) is 4. The Kier molecular flexibility index (Phi) is 9.54. The normalized spacial score (nSPS) is 38.4. The predicted molar refractivity (Wildman–Crippen MR) is 140 cm³/mol. The van der Waals surface area contributed by atoms with Gasteiger partial charge in [0.25, 0.3) is 0 Å². The Morgan fingerprint density at radius 2 is 1.91 bits per heavy atom. The molecule has 2 aliphatic heterocycles. The molecule has 7 heteroatoms. The van der Waals surface area contributed by atoms with Crippen LogP contribution in [0, 0.1) is 55.4 Å². The van der Waals surface area contributed by atoms with Crippen molar-refractivity contribution in [2.45, 2.75) is 74.8 Å². The molecule has 34 heavy (non-hydrogen) atoms. The van der Waals surface area contributed by atoms with Gasteiger partial charge in [-0.3, -0.25) is 0 Å². The Hall–Kier alpha value is 0.177. The van der Waals surface area contributed by atoms with E-state index < -0.39 is 4.93 Å². The number of hydrogen-bond donors (Lipinski definition) is 2. The molecule has 2 saturated carbocycles. The molecule has 2 heterocycles. The zero-order valence-corrected chi connectivity index (χ0v) is 26.4. The fourth-order valence-electron chi connectivity index (χ4n) is 6.56. The van der Waals surface area contributed by atoms with E-state index in [2.05, 4.69) is 19.2 Å². The van der Waals surface area contributed by atoms with Crippen molar-refractivity contribution in [3.05, 3.63) is 58.8 Å². The Morgan fingerprint density at radius 3 is 2.53 bits per heavy atom. The summed E-state index contributed by atoms with van der Waals surface area (Å²) in [6.07, 6.45) is 8.68. The topological polar surface area (TPSA) is 30.5 Å². The summed E-state index contributed by atoms with van der Waals surface area (Å²) in [5.41, 5.74) is 2.02. The summed E-state index contributed by atoms with van der Waals surface area (Å²) < 4.78 is 12.0. The molecule has 5 unspecified atom stereocenters. The number of halogens is 1. The molecule has 0 spiro atoms. The van der Waals surface area contributed by atoms with Gasteiger partial charge in [0.15, 0.2) is 0 Å². The maximum atomic E-state index is 6.94. The van der Waals surface area contributed by atoms with Crippen LogP contribution in [0.4, 0.5) is 0 Å². The van der Waals surface area contributed by atoms with Gasteiger partial charge in [-0.2, -0.15) is 12.6 Å². The summed E-state index contributed by atoms with van der Waals surface area (Å²) in [7, 11) is 8.87. The van der Waals surface area contributed by atoms with Crippen LogP contribution in [-0.4, -0.2) is 32.0 Å². The number of fused-ring (bicyclic) bond motifs is 3. The molecule has 182 valence electrons. The monoisotopic (exact) mass is 722 g/mol. The van der Waals surface area contributed by atoms with E-state index in [1.165, 1.54) is 24.8 Å². The minimum absolute atomic E-state index is 0. The van der Waals surface area contributed by atoms with Gasteiger partial charge >= 0.3 is 0 Å². The number of benzene rings is 1. The van der Waals surface area contributed by atoms with Gasteiger partial charge in [0.1, 0.15) is 0 Å². The van der Waals surface area contributed by atoms with Crippen molar-refractivity contribution in [2.75, 3.05) is 13.7 Å². The molecule has 2 aliphatic carbocycles. The quantitative estimate of drug-likeness (QED) is 0.218. The number of nitrogens with one attached hydrogen (secondary N) is 1. The summed E-state index contributed by atoms with van der Waals surface area (Å²) in [4.78, 5) is -0.633. The van der Waals surface area contributed by atoms with Crippen molar-refractivity contribution >= 4 is 32.1 Å². The smallest absolute Gasteiger partial charge is 0.0865 e. The molecule has 6 atom stereocenters. The molecule has 0 bridgehead atoms. The third kappa shape index (κ3) is 5.53. The third-order valence-electron chi connectivity index (χ3n) is 8.49. The molecule has 1 saturated heterocycles. The van der Waals surface area contributed by atoms with Crippen LogP contribution in [-0.2, 0) is 16.0 Å². The third-order valence-corrected chi connectivity index (χ3v) is 9.26. The van der Waals surface area contributed by atoms with Crippen LogP contribution in [0.1, 0.15) is 57.9 Å². The van der Waals surface area contributed by atoms with Crippen LogP contribution < -0.4 is 5.32 Å². The minimum Gasteiger partial charge on any atom is -0.529 e. The molecule has 1 N–H and O–H groups in total. The summed E-state index contributed by atoms with van der Waals surface area (Å²) in [6, 6.07) is 7.82. The Labute approximate surface area is 241 Å². The van der Waals surface area contributed by atoms with Crippen molar-refractivity contribution in [1.29, 1.82) is 0 Å². The van der Waals surface area contributed by atoms with Crippen LogP contribution in [0.3, 0.4) is 0 Å². The molecular formula is C27H36BClNO2SU-. The van der Waals surface area contributed by atoms with Gasteiger partial charge in [0.05, 0.1) is 25.0 Å². The number of ether oxygens (including phenoxy) is 2. The van der Waals surface area contributed by atoms with Gasteiger partial charge in [-0.25, -0.2) is 6.58 Å². The zero-order valence-electron chi connectivity index (χ0n) is 20.6. The summed E-state index contributed by atoms with van der Waals surface area (Å²) in [6.45, 7) is 12.0. The summed E-state index contributed by atoms with van der Waals surface area (Å²) in [5, 5.41) is 3.81. The second-order valence-electron chi connectivity index (χ2n) is 10.5. The first-order chi connectivity index (χ1) is 15.6. The SMILES string of the molecule is CNCc1ccc(Cl)cc1.[B][C@]12CCC3(C)OC(S)(C4=CCOC4=[CH-])CC3C1CCCC2C.[U]. The van der Waals surface area contributed by atoms with Crippen molar-refractivity contribution < 1.29 is 40.6 Å². The minimum atomic E-state index is -0.633. The fraction of sp³-hybridized carbons (Fsp3) is 0.630. The Morgan fingerprint density at radius 1 is 1.21 bits per heavy atom. The van der Waals surface area contributed by atoms with Crippen LogP contribution >= 0.6 is 24.2 Å². The van der Waals surface area contributed by atoms with E-state index in [1.807, 2.05) is 37.4 Å². The van der Waals surface area contributed by atoms with Gasteiger partial charge in [-0.1, -0.05) is 61.7 Å². The molecule has 1 aromatic carbocycles. The van der Waals surface area contributed by atoms with E-state index in [0.717, 1.165) is 36.4 Å². The fourth-order valence-corrected chi connectivity index (χ4v) is 7.29. The van der Waals surface area contributed by atoms with Crippen LogP contribution in [0.5, 0.6) is 0 Å². The largest absolute Gasteiger partial charge is 0.529 e. The Bertz CT molecular complexity index is 914. The van der Waals surface area contributed by atoms with E-state index in [9.17, 15) is 0 Å². The maximum Gasteiger partial charge on any atom is 0.0865 e. The molecule has 4 aliphatic rings. The zero-order chi connectivity index (χ0) is 23.9. The van der Waals surface area contributed by atoms with Gasteiger partial charge in [0.2, 0.25) is 0 Å². The van der Waals surface area contributed by atoms with Crippen LogP contribution in [0.25, 0.3) is 0 Å². The van der Waals surface area contributed by atoms with Gasteiger partial charge in [-0.05, 0) is 68.0 Å². The average molecular weight is 723 g/mol. The van der Waals surface area contributed by atoms with Crippen molar-refractivity contribution in [2.24, 2.45) is 17.8 Å². The van der Waals surface area contributed by atoms with E-state index in [4.69, 9.17) is 48.1 Å². The molecule has 3 nitrogen and oxygen atoms in total. The van der Waals surface area contributed by atoms with Crippen molar-refractivity contribution in [3.8, 4) is 0 Å². The van der Waals surface area contributed by atoms with Gasteiger partial charge in [0, 0.05) is 42.7 Å². The first kappa shape index (κ1) is 28.7. The second kappa shape index (κ2) is 11.3. The second-order valence-corrected chi connectivity index (χ2v) is 11.7. The first-order valence-electron chi connectivity index (χ1n) is 12.2. The molecule has 2 radical (unpaired) electrons. The van der Waals surface area contributed by atoms with Crippen LogP contribution in [0.2, 0.25) is 10.3 Å². The molecule has 5 rings (SSSR count). The Balaban J connectivity index is 0.000000250. The first-order valence-corrected chi connectivity index (χ1v) is 13.0. The molecule has 3 fully saturated rings. The van der Waals surface area contributed by atoms with E-state index in [-0.39, 0.29) is 42.0 Å². The van der Waals surface area contributed by atoms with Gasteiger partial charge in [-0.15, -0.1) is 11.6 Å². The molecule has 0 aromatic heterocycles. The van der Waals surface area contributed by atoms with Crippen LogP contribution in [0.15, 0.2) is 41.7 Å². The predicted octanol–water partition coefficient (Wildman–Crippen LogP) is 6.30. The van der Waals surface area contributed by atoms with Gasteiger partial charge < -0.3 is 14.8 Å². The maximum absolute atomic E-state index is 6.94. The number of rotatable bonds is 3. The standard InChI is InChI=1S/C19H26BO2S.C8H10ClN.U/c1-12-5-4-6-15-16-11-19(23,14-7-10-21-13(14)2)22-17(16,3)8-9-18(12,15)20;1-10-6-7-2-4-8(9)5-3-7;/h2,7,12,15-16,23H,4-6,8-11H2,1,3H3;2-5,10H,6H2,1H3;/q-1;;/t12?,15?,16?,17?,18-,19?;;/m0../s1. The van der Waals surface area contributed by atoms with E-state index in [0.29, 0.717) is 30.1 Å². The van der Waals surface area contributed by atoms with E-state index in [1.54, 1.807) is 0 Å². The van der Waals surface area contributed by atoms with Crippen molar-refractivity contribution in [3.63, 3.8) is 0 Å². The average Bonchev–Trinajstić information content (AvgIpc) is 3.33. The summed E-state index contributed by atoms with van der Waals surface area (Å²) >= 11 is 10.6. The molecular weight excluding hydrogens is 687 g/mol. The molecule has 1 aromatic rings. The van der Waals surface area contributed by atoms with E-state index >= 15 is 0 Å². The number of thiol groups is 1. The van der Waals surface area contributed by atoms with Crippen molar-refractivity contribution in [1.82, 2.24) is 5.32 Å².